The van der Waals surface area contributed by atoms with E-state index in [2.05, 4.69) is 27.0 Å². The van der Waals surface area contributed by atoms with E-state index >= 15 is 4.39 Å². The Hall–Kier alpha value is -3.27. The van der Waals surface area contributed by atoms with E-state index in [1.165, 1.54) is 0 Å². The summed E-state index contributed by atoms with van der Waals surface area (Å²) in [4.78, 5) is 14.0. The van der Waals surface area contributed by atoms with Crippen molar-refractivity contribution in [1.82, 2.24) is 20.2 Å². The van der Waals surface area contributed by atoms with Crippen molar-refractivity contribution < 1.29 is 18.6 Å². The lowest BCUT2D eigenvalue weighted by Gasteiger charge is -2.46. The number of anilines is 1. The van der Waals surface area contributed by atoms with Crippen LogP contribution in [0.1, 0.15) is 44.6 Å². The third-order valence-corrected chi connectivity index (χ3v) is 10.7. The lowest BCUT2D eigenvalue weighted by atomic mass is 9.91. The van der Waals surface area contributed by atoms with Gasteiger partial charge in [0.05, 0.1) is 10.6 Å². The van der Waals surface area contributed by atoms with E-state index in [4.69, 9.17) is 21.3 Å². The van der Waals surface area contributed by atoms with Crippen LogP contribution in [-0.2, 0) is 6.42 Å². The molecule has 1 aromatic heterocycles. The van der Waals surface area contributed by atoms with Gasteiger partial charge >= 0.3 is 6.01 Å². The Morgan fingerprint density at radius 3 is 2.84 bits per heavy atom. The minimum absolute atomic E-state index is 0.0312. The maximum Gasteiger partial charge on any atom is 0.319 e. The predicted octanol–water partition coefficient (Wildman–Crippen LogP) is 6.41. The molecule has 4 atom stereocenters. The molecule has 0 radical (unpaired) electrons. The van der Waals surface area contributed by atoms with E-state index in [1.807, 2.05) is 18.2 Å². The lowest BCUT2D eigenvalue weighted by Crippen LogP contribution is -2.61. The lowest BCUT2D eigenvalue weighted by molar-refractivity contribution is 0.107. The SMILES string of the molecule is CCc1cccc2cc(O)cc(-c3c(Cl)cc4c(N5C[C@@H]6CCC5CN6)nc(OC[C@@]56CCCN5C[C@H](F)C6)nc4c3F)c12. The molecule has 0 amide bonds. The average molecular weight is 620 g/mol. The summed E-state index contributed by atoms with van der Waals surface area (Å²) >= 11 is 6.96. The Labute approximate surface area is 260 Å². The molecule has 4 aromatic rings. The molecule has 5 aliphatic heterocycles. The molecule has 2 N–H and O–H groups in total. The van der Waals surface area contributed by atoms with Gasteiger partial charge in [-0.2, -0.15) is 9.97 Å². The van der Waals surface area contributed by atoms with Crippen molar-refractivity contribution >= 4 is 39.1 Å². The first-order valence-corrected chi connectivity index (χ1v) is 16.2. The molecule has 5 fully saturated rings. The molecular weight excluding hydrogens is 584 g/mol. The van der Waals surface area contributed by atoms with Crippen molar-refractivity contribution in [2.45, 2.75) is 69.2 Å². The van der Waals surface area contributed by atoms with E-state index in [-0.39, 0.29) is 46.1 Å². The Morgan fingerprint density at radius 2 is 2.07 bits per heavy atom. The molecule has 9 rings (SSSR count). The first-order chi connectivity index (χ1) is 21.3. The number of benzene rings is 3. The number of hydrogen-bond donors (Lipinski definition) is 2. The molecule has 44 heavy (non-hydrogen) atoms. The van der Waals surface area contributed by atoms with Crippen LogP contribution < -0.4 is 15.0 Å². The maximum atomic E-state index is 17.0. The molecule has 0 saturated carbocycles. The van der Waals surface area contributed by atoms with Gasteiger partial charge in [0.1, 0.15) is 29.9 Å². The minimum atomic E-state index is -0.879. The van der Waals surface area contributed by atoms with Crippen molar-refractivity contribution in [1.29, 1.82) is 0 Å². The van der Waals surface area contributed by atoms with E-state index in [0.29, 0.717) is 35.8 Å². The number of piperazine rings is 1. The van der Waals surface area contributed by atoms with E-state index < -0.39 is 12.0 Å². The van der Waals surface area contributed by atoms with Gasteiger partial charge in [0.15, 0.2) is 5.82 Å². The standard InChI is InChI=1S/C34H36ClF2N5O2/c1-2-19-5-3-6-20-11-24(43)12-25(28(19)20)29-27(35)13-26-31(30(29)37)39-33(40-32(26)42-17-22-7-8-23(42)15-38-22)44-18-34-9-4-10-41(34)16-21(36)14-34/h3,5-6,11-13,21-23,38,43H,2,4,7-10,14-18H2,1H3/t21-,22+,23?,34+/m1/s1. The van der Waals surface area contributed by atoms with Gasteiger partial charge in [0, 0.05) is 49.1 Å². The highest BCUT2D eigenvalue weighted by molar-refractivity contribution is 6.35. The van der Waals surface area contributed by atoms with Crippen molar-refractivity contribution in [2.75, 3.05) is 37.7 Å². The van der Waals surface area contributed by atoms with Crippen LogP contribution >= 0.6 is 11.6 Å². The van der Waals surface area contributed by atoms with E-state index in [9.17, 15) is 9.50 Å². The van der Waals surface area contributed by atoms with E-state index in [1.54, 1.807) is 18.2 Å². The summed E-state index contributed by atoms with van der Waals surface area (Å²) in [6, 6.07) is 11.5. The predicted molar refractivity (Wildman–Crippen MR) is 169 cm³/mol. The first kappa shape index (κ1) is 28.2. The highest BCUT2D eigenvalue weighted by Crippen LogP contribution is 2.45. The summed E-state index contributed by atoms with van der Waals surface area (Å²) in [5.74, 6) is 0.0623. The number of phenolic OH excluding ortho intramolecular Hbond substituents is 1. The van der Waals surface area contributed by atoms with Gasteiger partial charge in [-0.3, -0.25) is 4.90 Å². The van der Waals surface area contributed by atoms with Crippen LogP contribution in [0, 0.1) is 5.82 Å². The third-order valence-electron chi connectivity index (χ3n) is 10.4. The number of phenols is 1. The Kier molecular flexibility index (Phi) is 6.84. The van der Waals surface area contributed by atoms with Crippen LogP contribution in [-0.4, -0.2) is 76.6 Å². The number of aromatic nitrogens is 2. The van der Waals surface area contributed by atoms with Crippen molar-refractivity contribution in [3.63, 3.8) is 0 Å². The molecule has 1 unspecified atom stereocenters. The summed E-state index contributed by atoms with van der Waals surface area (Å²) in [5.41, 5.74) is 1.48. The Morgan fingerprint density at radius 1 is 1.18 bits per heavy atom. The molecule has 10 heteroatoms. The number of hydrogen-bond acceptors (Lipinski definition) is 7. The van der Waals surface area contributed by atoms with Crippen LogP contribution in [0.15, 0.2) is 36.4 Å². The maximum absolute atomic E-state index is 17.0. The van der Waals surface area contributed by atoms with E-state index in [0.717, 1.165) is 68.1 Å². The van der Waals surface area contributed by atoms with Crippen molar-refractivity contribution in [3.05, 3.63) is 52.8 Å². The monoisotopic (exact) mass is 619 g/mol. The zero-order chi connectivity index (χ0) is 30.2. The molecule has 2 bridgehead atoms. The molecule has 5 saturated heterocycles. The number of rotatable bonds is 6. The fraction of sp³-hybridized carbons (Fsp3) is 0.471. The van der Waals surface area contributed by atoms with Crippen LogP contribution in [0.2, 0.25) is 5.02 Å². The molecule has 3 aromatic carbocycles. The number of alkyl halides is 1. The number of ether oxygens (including phenoxy) is 1. The summed E-state index contributed by atoms with van der Waals surface area (Å²) < 4.78 is 37.8. The van der Waals surface area contributed by atoms with Crippen LogP contribution in [0.4, 0.5) is 14.6 Å². The molecule has 230 valence electrons. The molecule has 5 aliphatic rings. The number of halogens is 3. The fourth-order valence-electron chi connectivity index (χ4n) is 8.29. The van der Waals surface area contributed by atoms with Crippen LogP contribution in [0.25, 0.3) is 32.8 Å². The highest BCUT2D eigenvalue weighted by atomic mass is 35.5. The summed E-state index contributed by atoms with van der Waals surface area (Å²) in [6.45, 7) is 5.15. The zero-order valence-corrected chi connectivity index (χ0v) is 25.5. The second kappa shape index (κ2) is 10.7. The first-order valence-electron chi connectivity index (χ1n) is 15.8. The molecular formula is C34H36ClF2N5O2. The van der Waals surface area contributed by atoms with Crippen molar-refractivity contribution in [3.8, 4) is 22.9 Å². The molecule has 7 nitrogen and oxygen atoms in total. The van der Waals surface area contributed by atoms with Crippen LogP contribution in [0.3, 0.4) is 0 Å². The summed E-state index contributed by atoms with van der Waals surface area (Å²) in [5, 5.41) is 16.7. The van der Waals surface area contributed by atoms with Gasteiger partial charge in [0.2, 0.25) is 0 Å². The number of fused-ring (bicyclic) bond motifs is 6. The zero-order valence-electron chi connectivity index (χ0n) is 24.8. The third kappa shape index (κ3) is 4.50. The Bertz CT molecular complexity index is 1780. The quantitative estimate of drug-likeness (QED) is 0.259. The minimum Gasteiger partial charge on any atom is -0.508 e. The molecule has 0 aliphatic carbocycles. The number of nitrogens with one attached hydrogen (secondary N) is 1. The normalized spacial score (nSPS) is 26.6. The van der Waals surface area contributed by atoms with Gasteiger partial charge in [0.25, 0.3) is 0 Å². The number of aryl methyl sites for hydroxylation is 1. The fourth-order valence-corrected chi connectivity index (χ4v) is 8.58. The largest absolute Gasteiger partial charge is 0.508 e. The molecule has 0 spiro atoms. The van der Waals surface area contributed by atoms with Gasteiger partial charge in [-0.25, -0.2) is 8.78 Å². The second-order valence-electron chi connectivity index (χ2n) is 13.0. The number of nitrogens with zero attached hydrogens (tertiary/aromatic N) is 4. The highest BCUT2D eigenvalue weighted by Gasteiger charge is 2.49. The van der Waals surface area contributed by atoms with Crippen molar-refractivity contribution in [2.24, 2.45) is 0 Å². The number of aromatic hydroxyl groups is 1. The van der Waals surface area contributed by atoms with Gasteiger partial charge < -0.3 is 20.1 Å². The smallest absolute Gasteiger partial charge is 0.319 e. The topological polar surface area (TPSA) is 73.8 Å². The number of piperidine rings is 2. The summed E-state index contributed by atoms with van der Waals surface area (Å²) in [7, 11) is 0. The average Bonchev–Trinajstić information content (AvgIpc) is 3.55. The van der Waals surface area contributed by atoms with Gasteiger partial charge in [-0.05, 0) is 78.7 Å². The van der Waals surface area contributed by atoms with Gasteiger partial charge in [-0.15, -0.1) is 0 Å². The summed E-state index contributed by atoms with van der Waals surface area (Å²) in [6.07, 6.45) is 4.23. The Balaban J connectivity index is 1.30. The second-order valence-corrected chi connectivity index (χ2v) is 13.4. The van der Waals surface area contributed by atoms with Crippen LogP contribution in [0.5, 0.6) is 11.8 Å². The molecule has 6 heterocycles. The van der Waals surface area contributed by atoms with Gasteiger partial charge in [-0.1, -0.05) is 36.7 Å².